The Morgan fingerprint density at radius 3 is 2.52 bits per heavy atom. The number of halogens is 1. The predicted molar refractivity (Wildman–Crippen MR) is 114 cm³/mol. The Balaban J connectivity index is 0.00000385. The molecule has 2 aromatic heterocycles. The van der Waals surface area contributed by atoms with E-state index in [1.165, 1.54) is 0 Å². The molecule has 3 rings (SSSR count). The SMILES string of the molecule is Cl.O=C(O)CC(NC(=O)OCc1ccccc1)C(=O)Cn1nnc(OCc2ccccn2)n1. The molecule has 3 aromatic rings. The summed E-state index contributed by atoms with van der Waals surface area (Å²) < 4.78 is 10.4. The molecule has 0 saturated carbocycles. The number of aliphatic carboxylic acids is 1. The second-order valence-corrected chi connectivity index (χ2v) is 6.53. The monoisotopic (exact) mass is 476 g/mol. The molecule has 2 N–H and O–H groups in total. The largest absolute Gasteiger partial charge is 0.481 e. The fourth-order valence-corrected chi connectivity index (χ4v) is 2.55. The van der Waals surface area contributed by atoms with Gasteiger partial charge in [-0.2, -0.15) is 4.80 Å². The summed E-state index contributed by atoms with van der Waals surface area (Å²) >= 11 is 0. The Morgan fingerprint density at radius 1 is 1.06 bits per heavy atom. The van der Waals surface area contributed by atoms with Crippen LogP contribution in [0.4, 0.5) is 4.79 Å². The predicted octanol–water partition coefficient (Wildman–Crippen LogP) is 1.41. The summed E-state index contributed by atoms with van der Waals surface area (Å²) in [5, 5.41) is 22.7. The molecule has 1 unspecified atom stereocenters. The molecule has 0 aliphatic rings. The highest BCUT2D eigenvalue weighted by Gasteiger charge is 2.25. The maximum Gasteiger partial charge on any atom is 0.408 e. The molecule has 0 aliphatic heterocycles. The number of tetrazole rings is 1. The van der Waals surface area contributed by atoms with Crippen LogP contribution >= 0.6 is 12.4 Å². The lowest BCUT2D eigenvalue weighted by Crippen LogP contribution is -2.44. The Kier molecular flexibility index (Phi) is 9.71. The van der Waals surface area contributed by atoms with Gasteiger partial charge in [-0.05, 0) is 22.9 Å². The molecule has 0 radical (unpaired) electrons. The molecule has 0 bridgehead atoms. The molecule has 174 valence electrons. The van der Waals surface area contributed by atoms with Crippen molar-refractivity contribution in [2.75, 3.05) is 0 Å². The van der Waals surface area contributed by atoms with Crippen LogP contribution in [0.5, 0.6) is 6.01 Å². The summed E-state index contributed by atoms with van der Waals surface area (Å²) in [5.41, 5.74) is 1.40. The van der Waals surface area contributed by atoms with Crippen molar-refractivity contribution in [2.45, 2.75) is 32.2 Å². The number of amides is 1. The van der Waals surface area contributed by atoms with Crippen molar-refractivity contribution < 1.29 is 29.0 Å². The van der Waals surface area contributed by atoms with E-state index < -0.39 is 36.9 Å². The number of ether oxygens (including phenoxy) is 2. The number of alkyl carbamates (subject to hydrolysis) is 1. The molecule has 33 heavy (non-hydrogen) atoms. The minimum atomic E-state index is -1.33. The average molecular weight is 477 g/mol. The van der Waals surface area contributed by atoms with E-state index in [1.54, 1.807) is 48.7 Å². The fraction of sp³-hybridized carbons (Fsp3) is 0.250. The zero-order chi connectivity index (χ0) is 22.8. The van der Waals surface area contributed by atoms with E-state index in [2.05, 4.69) is 25.7 Å². The lowest BCUT2D eigenvalue weighted by atomic mass is 10.1. The number of carboxylic acids is 1. The Labute approximate surface area is 194 Å². The van der Waals surface area contributed by atoms with Gasteiger partial charge in [0.15, 0.2) is 5.78 Å². The van der Waals surface area contributed by atoms with E-state index in [4.69, 9.17) is 14.6 Å². The molecule has 13 heteroatoms. The maximum absolute atomic E-state index is 12.5. The van der Waals surface area contributed by atoms with Gasteiger partial charge in [-0.25, -0.2) is 4.79 Å². The van der Waals surface area contributed by atoms with Crippen LogP contribution in [0.25, 0.3) is 0 Å². The summed E-state index contributed by atoms with van der Waals surface area (Å²) in [6, 6.07) is 12.8. The molecule has 1 atom stereocenters. The minimum Gasteiger partial charge on any atom is -0.481 e. The van der Waals surface area contributed by atoms with Crippen LogP contribution in [0.1, 0.15) is 17.7 Å². The van der Waals surface area contributed by atoms with Crippen molar-refractivity contribution in [1.29, 1.82) is 0 Å². The number of Topliss-reactive ketones (excluding diaryl/α,β-unsaturated/α-hetero) is 1. The van der Waals surface area contributed by atoms with Gasteiger partial charge in [-0.15, -0.1) is 12.4 Å². The third kappa shape index (κ3) is 8.53. The number of nitrogens with one attached hydrogen (secondary N) is 1. The molecule has 0 aliphatic carbocycles. The lowest BCUT2D eigenvalue weighted by molar-refractivity contribution is -0.139. The average Bonchev–Trinajstić information content (AvgIpc) is 3.24. The van der Waals surface area contributed by atoms with E-state index in [0.29, 0.717) is 5.69 Å². The van der Waals surface area contributed by atoms with E-state index in [0.717, 1.165) is 10.4 Å². The standard InChI is InChI=1S/C20H20N6O6.ClH/c27-17(11-26-24-19(23-25-26)31-13-15-8-4-5-9-21-15)16(10-18(28)29)22-20(30)32-12-14-6-2-1-3-7-14;/h1-9,16H,10-13H2,(H,22,30)(H,28,29);1H. The number of carboxylic acid groups (broad SMARTS) is 1. The number of pyridine rings is 1. The van der Waals surface area contributed by atoms with Gasteiger partial charge in [0, 0.05) is 6.20 Å². The van der Waals surface area contributed by atoms with E-state index >= 15 is 0 Å². The van der Waals surface area contributed by atoms with Gasteiger partial charge in [0.05, 0.1) is 12.1 Å². The summed E-state index contributed by atoms with van der Waals surface area (Å²) in [5.74, 6) is -1.91. The molecular weight excluding hydrogens is 456 g/mol. The highest BCUT2D eigenvalue weighted by molar-refractivity contribution is 5.90. The molecule has 0 spiro atoms. The van der Waals surface area contributed by atoms with Gasteiger partial charge < -0.3 is 19.9 Å². The van der Waals surface area contributed by atoms with Gasteiger partial charge >= 0.3 is 18.1 Å². The van der Waals surface area contributed by atoms with Crippen molar-refractivity contribution in [1.82, 2.24) is 30.5 Å². The smallest absolute Gasteiger partial charge is 0.408 e. The van der Waals surface area contributed by atoms with Crippen molar-refractivity contribution in [3.63, 3.8) is 0 Å². The van der Waals surface area contributed by atoms with E-state index in [1.807, 2.05) is 6.07 Å². The maximum atomic E-state index is 12.5. The zero-order valence-electron chi connectivity index (χ0n) is 17.2. The van der Waals surface area contributed by atoms with Crippen LogP contribution in [0, 0.1) is 0 Å². The fourth-order valence-electron chi connectivity index (χ4n) is 2.55. The normalized spacial score (nSPS) is 11.0. The van der Waals surface area contributed by atoms with Crippen molar-refractivity contribution >= 4 is 30.3 Å². The third-order valence-electron chi connectivity index (χ3n) is 4.08. The first kappa shape index (κ1) is 25.2. The summed E-state index contributed by atoms with van der Waals surface area (Å²) in [6.07, 6.45) is 0.0680. The highest BCUT2D eigenvalue weighted by Crippen LogP contribution is 2.05. The number of rotatable bonds is 11. The number of hydrogen-bond acceptors (Lipinski definition) is 9. The topological polar surface area (TPSA) is 158 Å². The third-order valence-corrected chi connectivity index (χ3v) is 4.08. The van der Waals surface area contributed by atoms with Crippen LogP contribution in [-0.2, 0) is 34.1 Å². The number of benzene rings is 1. The lowest BCUT2D eigenvalue weighted by Gasteiger charge is -2.15. The van der Waals surface area contributed by atoms with Gasteiger partial charge in [-0.1, -0.05) is 46.6 Å². The van der Waals surface area contributed by atoms with E-state index in [9.17, 15) is 14.4 Å². The first-order valence-electron chi connectivity index (χ1n) is 9.52. The molecule has 12 nitrogen and oxygen atoms in total. The van der Waals surface area contributed by atoms with Crippen LogP contribution in [0.15, 0.2) is 54.7 Å². The minimum absolute atomic E-state index is 0. The Morgan fingerprint density at radius 2 is 1.82 bits per heavy atom. The first-order valence-corrected chi connectivity index (χ1v) is 9.52. The number of carbonyl (C=O) groups is 3. The summed E-state index contributed by atoms with van der Waals surface area (Å²) in [4.78, 5) is 40.7. The second kappa shape index (κ2) is 12.7. The number of ketones is 1. The Bertz CT molecular complexity index is 1050. The van der Waals surface area contributed by atoms with Gasteiger partial charge in [0.2, 0.25) is 0 Å². The molecule has 1 aromatic carbocycles. The van der Waals surface area contributed by atoms with Gasteiger partial charge in [0.1, 0.15) is 25.8 Å². The molecule has 2 heterocycles. The van der Waals surface area contributed by atoms with Crippen molar-refractivity contribution in [2.24, 2.45) is 0 Å². The molecule has 0 fully saturated rings. The van der Waals surface area contributed by atoms with Crippen molar-refractivity contribution in [3.05, 3.63) is 66.0 Å². The van der Waals surface area contributed by atoms with Crippen LogP contribution in [0.2, 0.25) is 0 Å². The van der Waals surface area contributed by atoms with Crippen molar-refractivity contribution in [3.8, 4) is 6.01 Å². The van der Waals surface area contributed by atoms with E-state index in [-0.39, 0.29) is 31.6 Å². The van der Waals surface area contributed by atoms with Crippen LogP contribution in [0.3, 0.4) is 0 Å². The number of nitrogens with zero attached hydrogens (tertiary/aromatic N) is 5. The number of hydrogen-bond donors (Lipinski definition) is 2. The van der Waals surface area contributed by atoms with Crippen LogP contribution in [-0.4, -0.2) is 54.2 Å². The number of aromatic nitrogens is 5. The number of carbonyl (C=O) groups excluding carboxylic acids is 2. The molecule has 0 saturated heterocycles. The first-order chi connectivity index (χ1) is 15.5. The van der Waals surface area contributed by atoms with Crippen LogP contribution < -0.4 is 10.1 Å². The Hall–Kier alpha value is -4.06. The van der Waals surface area contributed by atoms with Gasteiger partial charge in [-0.3, -0.25) is 14.6 Å². The summed E-state index contributed by atoms with van der Waals surface area (Å²) in [6.45, 7) is -0.337. The quantitative estimate of drug-likeness (QED) is 0.414. The highest BCUT2D eigenvalue weighted by atomic mass is 35.5. The second-order valence-electron chi connectivity index (χ2n) is 6.53. The molecular formula is C20H21ClN6O6. The summed E-state index contributed by atoms with van der Waals surface area (Å²) in [7, 11) is 0. The molecule has 1 amide bonds. The van der Waals surface area contributed by atoms with Gasteiger partial charge in [0.25, 0.3) is 0 Å². The zero-order valence-corrected chi connectivity index (χ0v) is 18.1.